The van der Waals surface area contributed by atoms with Crippen LogP contribution in [0.2, 0.25) is 0 Å². The van der Waals surface area contributed by atoms with Crippen LogP contribution in [0.25, 0.3) is 0 Å². The molecule has 0 bridgehead atoms. The topological polar surface area (TPSA) is 29.1 Å². The monoisotopic (exact) mass is 227 g/mol. The second kappa shape index (κ2) is 11.0. The maximum Gasteiger partial charge on any atom is 0.220 e. The smallest absolute Gasteiger partial charge is 0.220 e. The highest BCUT2D eigenvalue weighted by atomic mass is 16.1. The molecule has 16 heavy (non-hydrogen) atoms. The molecule has 0 radical (unpaired) electrons. The van der Waals surface area contributed by atoms with Crippen LogP contribution in [-0.2, 0) is 4.79 Å². The molecule has 0 fully saturated rings. The number of carbonyl (C=O) groups excluding carboxylic acids is 1. The molecule has 0 aliphatic carbocycles. The predicted octanol–water partition coefficient (Wildman–Crippen LogP) is 4.04. The molecule has 0 spiro atoms. The van der Waals surface area contributed by atoms with Gasteiger partial charge in [-0.1, -0.05) is 52.4 Å². The van der Waals surface area contributed by atoms with E-state index in [1.165, 1.54) is 32.1 Å². The SMILES string of the molecule is CCCCCCC(C)NC(=O)CCCCC. The lowest BCUT2D eigenvalue weighted by molar-refractivity contribution is -0.121. The van der Waals surface area contributed by atoms with Gasteiger partial charge in [-0.15, -0.1) is 0 Å². The van der Waals surface area contributed by atoms with E-state index in [-0.39, 0.29) is 5.91 Å². The Morgan fingerprint density at radius 2 is 1.62 bits per heavy atom. The van der Waals surface area contributed by atoms with Gasteiger partial charge >= 0.3 is 0 Å². The molecule has 1 unspecified atom stereocenters. The molecule has 96 valence electrons. The van der Waals surface area contributed by atoms with Crippen LogP contribution in [0.3, 0.4) is 0 Å². The van der Waals surface area contributed by atoms with E-state index < -0.39 is 0 Å². The zero-order chi connectivity index (χ0) is 12.2. The number of amides is 1. The first-order valence-electron chi connectivity index (χ1n) is 7.00. The van der Waals surface area contributed by atoms with Crippen molar-refractivity contribution in [2.24, 2.45) is 0 Å². The Hall–Kier alpha value is -0.530. The van der Waals surface area contributed by atoms with Gasteiger partial charge in [0.2, 0.25) is 5.91 Å². The largest absolute Gasteiger partial charge is 0.354 e. The summed E-state index contributed by atoms with van der Waals surface area (Å²) < 4.78 is 0. The molecular weight excluding hydrogens is 198 g/mol. The molecule has 1 atom stereocenters. The van der Waals surface area contributed by atoms with Gasteiger partial charge < -0.3 is 5.32 Å². The first kappa shape index (κ1) is 15.5. The quantitative estimate of drug-likeness (QED) is 0.561. The molecule has 1 amide bonds. The molecule has 0 aliphatic heterocycles. The highest BCUT2D eigenvalue weighted by molar-refractivity contribution is 5.76. The Balaban J connectivity index is 3.39. The van der Waals surface area contributed by atoms with E-state index in [0.29, 0.717) is 12.5 Å². The summed E-state index contributed by atoms with van der Waals surface area (Å²) in [5.74, 6) is 0.233. The fourth-order valence-electron chi connectivity index (χ4n) is 1.83. The second-order valence-electron chi connectivity index (χ2n) is 4.78. The molecule has 2 heteroatoms. The number of unbranched alkanes of at least 4 members (excludes halogenated alkanes) is 5. The van der Waals surface area contributed by atoms with Crippen LogP contribution in [0.5, 0.6) is 0 Å². The predicted molar refractivity (Wildman–Crippen MR) is 70.5 cm³/mol. The number of hydrogen-bond acceptors (Lipinski definition) is 1. The van der Waals surface area contributed by atoms with Crippen molar-refractivity contribution in [2.75, 3.05) is 0 Å². The molecule has 1 N–H and O–H groups in total. The van der Waals surface area contributed by atoms with Gasteiger partial charge in [0.25, 0.3) is 0 Å². The van der Waals surface area contributed by atoms with E-state index in [1.54, 1.807) is 0 Å². The lowest BCUT2D eigenvalue weighted by Gasteiger charge is -2.13. The normalized spacial score (nSPS) is 12.4. The van der Waals surface area contributed by atoms with Gasteiger partial charge in [0, 0.05) is 12.5 Å². The summed E-state index contributed by atoms with van der Waals surface area (Å²) in [5.41, 5.74) is 0. The lowest BCUT2D eigenvalue weighted by atomic mass is 10.1. The van der Waals surface area contributed by atoms with E-state index in [1.807, 2.05) is 0 Å². The van der Waals surface area contributed by atoms with Gasteiger partial charge in [-0.2, -0.15) is 0 Å². The van der Waals surface area contributed by atoms with Crippen LogP contribution in [0.4, 0.5) is 0 Å². The van der Waals surface area contributed by atoms with Gasteiger partial charge in [-0.05, 0) is 19.8 Å². The third kappa shape index (κ3) is 10.0. The Morgan fingerprint density at radius 3 is 2.25 bits per heavy atom. The molecule has 0 aromatic rings. The minimum atomic E-state index is 0.233. The zero-order valence-electron chi connectivity index (χ0n) is 11.3. The molecule has 0 aromatic heterocycles. The fraction of sp³-hybridized carbons (Fsp3) is 0.929. The number of rotatable bonds is 10. The molecule has 0 saturated heterocycles. The summed E-state index contributed by atoms with van der Waals surface area (Å²) in [6.07, 6.45) is 10.3. The molecule has 0 saturated carbocycles. The number of hydrogen-bond donors (Lipinski definition) is 1. The first-order valence-corrected chi connectivity index (χ1v) is 7.00. The van der Waals surface area contributed by atoms with Gasteiger partial charge in [0.15, 0.2) is 0 Å². The van der Waals surface area contributed by atoms with Crippen LogP contribution < -0.4 is 5.32 Å². The molecule has 0 rings (SSSR count). The minimum absolute atomic E-state index is 0.233. The van der Waals surface area contributed by atoms with Crippen LogP contribution in [0.1, 0.15) is 78.6 Å². The summed E-state index contributed by atoms with van der Waals surface area (Å²) in [6, 6.07) is 0.353. The summed E-state index contributed by atoms with van der Waals surface area (Å²) in [6.45, 7) is 6.50. The lowest BCUT2D eigenvalue weighted by Crippen LogP contribution is -2.32. The third-order valence-electron chi connectivity index (χ3n) is 2.91. The van der Waals surface area contributed by atoms with Crippen molar-refractivity contribution in [1.29, 1.82) is 0 Å². The molecular formula is C14H29NO. The van der Waals surface area contributed by atoms with Crippen molar-refractivity contribution >= 4 is 5.91 Å². The van der Waals surface area contributed by atoms with E-state index in [0.717, 1.165) is 19.3 Å². The van der Waals surface area contributed by atoms with Crippen LogP contribution in [0, 0.1) is 0 Å². The van der Waals surface area contributed by atoms with Crippen molar-refractivity contribution in [3.63, 3.8) is 0 Å². The average molecular weight is 227 g/mol. The maximum atomic E-state index is 11.5. The zero-order valence-corrected chi connectivity index (χ0v) is 11.3. The van der Waals surface area contributed by atoms with Gasteiger partial charge in [-0.3, -0.25) is 4.79 Å². The third-order valence-corrected chi connectivity index (χ3v) is 2.91. The summed E-state index contributed by atoms with van der Waals surface area (Å²) in [4.78, 5) is 11.5. The summed E-state index contributed by atoms with van der Waals surface area (Å²) in [5, 5.41) is 3.08. The van der Waals surface area contributed by atoms with Gasteiger partial charge in [0.05, 0.1) is 0 Å². The van der Waals surface area contributed by atoms with Crippen molar-refractivity contribution in [2.45, 2.75) is 84.6 Å². The maximum absolute atomic E-state index is 11.5. The molecule has 0 heterocycles. The second-order valence-corrected chi connectivity index (χ2v) is 4.78. The van der Waals surface area contributed by atoms with Crippen molar-refractivity contribution in [3.05, 3.63) is 0 Å². The van der Waals surface area contributed by atoms with E-state index in [9.17, 15) is 4.79 Å². The number of nitrogens with one attached hydrogen (secondary N) is 1. The van der Waals surface area contributed by atoms with Gasteiger partial charge in [0.1, 0.15) is 0 Å². The average Bonchev–Trinajstić information content (AvgIpc) is 2.25. The van der Waals surface area contributed by atoms with Crippen LogP contribution in [0.15, 0.2) is 0 Å². The number of carbonyl (C=O) groups is 1. The minimum Gasteiger partial charge on any atom is -0.354 e. The van der Waals surface area contributed by atoms with Crippen LogP contribution in [-0.4, -0.2) is 11.9 Å². The highest BCUT2D eigenvalue weighted by Crippen LogP contribution is 2.06. The summed E-state index contributed by atoms with van der Waals surface area (Å²) in [7, 11) is 0. The Bertz CT molecular complexity index is 168. The van der Waals surface area contributed by atoms with E-state index in [4.69, 9.17) is 0 Å². The summed E-state index contributed by atoms with van der Waals surface area (Å²) >= 11 is 0. The standard InChI is InChI=1S/C14H29NO/c1-4-6-8-10-11-13(3)15-14(16)12-9-7-5-2/h13H,4-12H2,1-3H3,(H,15,16). The molecule has 0 aromatic carbocycles. The molecule has 2 nitrogen and oxygen atoms in total. The highest BCUT2D eigenvalue weighted by Gasteiger charge is 2.06. The van der Waals surface area contributed by atoms with Crippen molar-refractivity contribution in [3.8, 4) is 0 Å². The fourth-order valence-corrected chi connectivity index (χ4v) is 1.83. The van der Waals surface area contributed by atoms with Gasteiger partial charge in [-0.25, -0.2) is 0 Å². The molecule has 0 aliphatic rings. The van der Waals surface area contributed by atoms with E-state index >= 15 is 0 Å². The van der Waals surface area contributed by atoms with Crippen molar-refractivity contribution in [1.82, 2.24) is 5.32 Å². The van der Waals surface area contributed by atoms with Crippen molar-refractivity contribution < 1.29 is 4.79 Å². The van der Waals surface area contributed by atoms with E-state index in [2.05, 4.69) is 26.1 Å². The Labute approximate surface area is 101 Å². The Kier molecular flexibility index (Phi) is 10.6. The first-order chi connectivity index (χ1) is 7.70. The Morgan fingerprint density at radius 1 is 1.00 bits per heavy atom. The van der Waals surface area contributed by atoms with Crippen LogP contribution >= 0.6 is 0 Å².